The van der Waals surface area contributed by atoms with Crippen molar-refractivity contribution in [3.8, 4) is 5.75 Å². The van der Waals surface area contributed by atoms with Crippen LogP contribution in [0.1, 0.15) is 42.5 Å². The number of aryl methyl sites for hydroxylation is 1. The fourth-order valence-corrected chi connectivity index (χ4v) is 2.68. The molecule has 1 aromatic carbocycles. The van der Waals surface area contributed by atoms with Crippen LogP contribution in [0, 0.1) is 0 Å². The van der Waals surface area contributed by atoms with Crippen LogP contribution in [0.2, 0.25) is 0 Å². The Balaban J connectivity index is 2.45. The first-order valence-electron chi connectivity index (χ1n) is 7.78. The Bertz CT molecular complexity index is 710. The summed E-state index contributed by atoms with van der Waals surface area (Å²) in [7, 11) is 1.72. The van der Waals surface area contributed by atoms with Crippen LogP contribution in [0.25, 0.3) is 6.08 Å². The van der Waals surface area contributed by atoms with Gasteiger partial charge in [0.1, 0.15) is 11.6 Å². The van der Waals surface area contributed by atoms with E-state index in [2.05, 4.69) is 35.1 Å². The van der Waals surface area contributed by atoms with Gasteiger partial charge in [-0.2, -0.15) is 4.98 Å². The number of nitrogens with zero attached hydrogens (tertiary/aromatic N) is 2. The highest BCUT2D eigenvalue weighted by Gasteiger charge is 2.11. The first-order valence-corrected chi connectivity index (χ1v) is 7.78. The van der Waals surface area contributed by atoms with E-state index < -0.39 is 0 Å². The van der Waals surface area contributed by atoms with Crippen molar-refractivity contribution in [3.63, 3.8) is 0 Å². The van der Waals surface area contributed by atoms with Gasteiger partial charge >= 0.3 is 0 Å². The van der Waals surface area contributed by atoms with Crippen LogP contribution >= 0.6 is 0 Å². The number of benzene rings is 1. The number of hydrogen-bond donors (Lipinski definition) is 2. The smallest absolute Gasteiger partial charge is 0.221 e. The van der Waals surface area contributed by atoms with E-state index in [1.807, 2.05) is 13.0 Å². The molecule has 0 fully saturated rings. The van der Waals surface area contributed by atoms with Crippen LogP contribution in [0.4, 0.5) is 11.8 Å². The molecular weight excluding hydrogens is 288 g/mol. The van der Waals surface area contributed by atoms with E-state index in [1.165, 1.54) is 5.56 Å². The summed E-state index contributed by atoms with van der Waals surface area (Å²) in [5.74, 6) is 1.57. The normalized spacial score (nSPS) is 11.1. The molecule has 0 atom stereocenters. The molecule has 23 heavy (non-hydrogen) atoms. The maximum Gasteiger partial charge on any atom is 0.221 e. The second-order valence-corrected chi connectivity index (χ2v) is 5.44. The molecule has 0 spiro atoms. The van der Waals surface area contributed by atoms with Crippen molar-refractivity contribution in [1.29, 1.82) is 0 Å². The fraction of sp³-hybridized carbons (Fsp3) is 0.333. The van der Waals surface area contributed by atoms with Gasteiger partial charge in [0, 0.05) is 23.7 Å². The lowest BCUT2D eigenvalue weighted by Gasteiger charge is -2.14. The van der Waals surface area contributed by atoms with Gasteiger partial charge in [0.2, 0.25) is 5.95 Å². The van der Waals surface area contributed by atoms with Crippen molar-refractivity contribution in [2.24, 2.45) is 0 Å². The summed E-state index contributed by atoms with van der Waals surface area (Å²) in [6, 6.07) is 4.29. The van der Waals surface area contributed by atoms with Crippen molar-refractivity contribution in [1.82, 2.24) is 9.97 Å². The number of anilines is 2. The Morgan fingerprint density at radius 2 is 2.00 bits per heavy atom. The van der Waals surface area contributed by atoms with Crippen LogP contribution in [0.3, 0.4) is 0 Å². The number of nitrogen functional groups attached to an aromatic ring is 2. The van der Waals surface area contributed by atoms with E-state index in [-0.39, 0.29) is 5.95 Å². The number of allylic oxidation sites excluding steroid dienone is 1. The third-order valence-electron chi connectivity index (χ3n) is 3.64. The molecule has 2 rings (SSSR count). The van der Waals surface area contributed by atoms with Crippen LogP contribution in [-0.4, -0.2) is 17.1 Å². The highest BCUT2D eigenvalue weighted by atomic mass is 16.5. The molecule has 0 aliphatic rings. The predicted molar refractivity (Wildman–Crippen MR) is 95.4 cm³/mol. The van der Waals surface area contributed by atoms with Crippen LogP contribution in [0.15, 0.2) is 24.4 Å². The molecule has 1 heterocycles. The second-order valence-electron chi connectivity index (χ2n) is 5.44. The Morgan fingerprint density at radius 3 is 2.61 bits per heavy atom. The number of hydrogen-bond acceptors (Lipinski definition) is 5. The van der Waals surface area contributed by atoms with E-state index >= 15 is 0 Å². The second kappa shape index (κ2) is 7.63. The van der Waals surface area contributed by atoms with Crippen molar-refractivity contribution in [3.05, 3.63) is 46.7 Å². The lowest BCUT2D eigenvalue weighted by molar-refractivity contribution is 0.408. The van der Waals surface area contributed by atoms with Gasteiger partial charge in [-0.15, -0.1) is 0 Å². The largest absolute Gasteiger partial charge is 0.496 e. The summed E-state index contributed by atoms with van der Waals surface area (Å²) in [4.78, 5) is 8.06. The van der Waals surface area contributed by atoms with Gasteiger partial charge in [0.15, 0.2) is 0 Å². The Hall–Kier alpha value is -2.56. The molecule has 5 nitrogen and oxygen atoms in total. The fourth-order valence-electron chi connectivity index (χ4n) is 2.68. The maximum absolute atomic E-state index is 5.95. The van der Waals surface area contributed by atoms with Crippen LogP contribution < -0.4 is 16.2 Å². The minimum absolute atomic E-state index is 0.197. The van der Waals surface area contributed by atoms with Gasteiger partial charge in [-0.1, -0.05) is 31.6 Å². The summed E-state index contributed by atoms with van der Waals surface area (Å²) in [5.41, 5.74) is 15.8. The van der Waals surface area contributed by atoms with E-state index in [1.54, 1.807) is 13.3 Å². The molecule has 0 saturated heterocycles. The van der Waals surface area contributed by atoms with Crippen LogP contribution in [-0.2, 0) is 12.8 Å². The van der Waals surface area contributed by atoms with Crippen molar-refractivity contribution in [2.75, 3.05) is 18.6 Å². The molecule has 122 valence electrons. The molecule has 0 radical (unpaired) electrons. The highest BCUT2D eigenvalue weighted by Crippen LogP contribution is 2.29. The highest BCUT2D eigenvalue weighted by molar-refractivity contribution is 5.62. The lowest BCUT2D eigenvalue weighted by atomic mass is 9.97. The minimum atomic E-state index is 0.197. The maximum atomic E-state index is 5.95. The first-order chi connectivity index (χ1) is 11.1. The average Bonchev–Trinajstić information content (AvgIpc) is 2.51. The molecule has 4 N–H and O–H groups in total. The number of ether oxygens (including phenoxy) is 1. The number of methoxy groups -OCH3 is 1. The third-order valence-corrected chi connectivity index (χ3v) is 3.64. The summed E-state index contributed by atoms with van der Waals surface area (Å²) in [6.07, 6.45) is 8.45. The van der Waals surface area contributed by atoms with Gasteiger partial charge in [-0.05, 0) is 30.5 Å². The first kappa shape index (κ1) is 16.8. The zero-order valence-corrected chi connectivity index (χ0v) is 14.0. The molecule has 0 saturated carbocycles. The molecule has 5 heteroatoms. The molecule has 0 unspecified atom stereocenters. The number of aromatic nitrogens is 2. The van der Waals surface area contributed by atoms with Gasteiger partial charge in [-0.25, -0.2) is 4.98 Å². The quantitative estimate of drug-likeness (QED) is 0.855. The molecule has 0 bridgehead atoms. The molecule has 0 aliphatic heterocycles. The molecule has 2 aromatic rings. The Kier molecular flexibility index (Phi) is 5.57. The van der Waals surface area contributed by atoms with Crippen molar-refractivity contribution >= 4 is 17.8 Å². The Morgan fingerprint density at radius 1 is 1.22 bits per heavy atom. The van der Waals surface area contributed by atoms with Gasteiger partial charge in [0.05, 0.1) is 7.11 Å². The van der Waals surface area contributed by atoms with Crippen molar-refractivity contribution < 1.29 is 4.74 Å². The minimum Gasteiger partial charge on any atom is -0.496 e. The molecule has 1 aromatic heterocycles. The van der Waals surface area contributed by atoms with E-state index in [4.69, 9.17) is 16.2 Å². The summed E-state index contributed by atoms with van der Waals surface area (Å²) >= 11 is 0. The summed E-state index contributed by atoms with van der Waals surface area (Å²) in [6.45, 7) is 4.16. The third kappa shape index (κ3) is 4.00. The summed E-state index contributed by atoms with van der Waals surface area (Å²) < 4.78 is 5.61. The predicted octanol–water partition coefficient (Wildman–Crippen LogP) is 3.23. The zero-order valence-electron chi connectivity index (χ0n) is 14.0. The SMILES string of the molecule is C/C=C/c1cc(Cc2cnc(N)nc2N)cc(CCC)c1OC. The molecule has 0 aliphatic carbocycles. The average molecular weight is 312 g/mol. The van der Waals surface area contributed by atoms with E-state index in [0.717, 1.165) is 35.3 Å². The van der Waals surface area contributed by atoms with Gasteiger partial charge in [0.25, 0.3) is 0 Å². The zero-order chi connectivity index (χ0) is 16.8. The Labute approximate surface area is 137 Å². The molecule has 0 amide bonds. The lowest BCUT2D eigenvalue weighted by Crippen LogP contribution is -2.05. The van der Waals surface area contributed by atoms with E-state index in [0.29, 0.717) is 12.2 Å². The standard InChI is InChI=1S/C18H24N4O/c1-4-6-13-8-12(9-14(7-5-2)16(13)23-3)10-15-11-21-18(20)22-17(15)19/h4,6,8-9,11H,5,7,10H2,1-3H3,(H4,19,20,21,22)/b6-4+. The number of nitrogens with two attached hydrogens (primary N) is 2. The number of rotatable bonds is 6. The monoisotopic (exact) mass is 312 g/mol. The van der Waals surface area contributed by atoms with Crippen LogP contribution in [0.5, 0.6) is 5.75 Å². The van der Waals surface area contributed by atoms with E-state index in [9.17, 15) is 0 Å². The van der Waals surface area contributed by atoms with Crippen molar-refractivity contribution in [2.45, 2.75) is 33.1 Å². The van der Waals surface area contributed by atoms with Gasteiger partial charge in [-0.3, -0.25) is 0 Å². The molecular formula is C18H24N4O. The summed E-state index contributed by atoms with van der Waals surface area (Å²) in [5, 5.41) is 0. The van der Waals surface area contributed by atoms with Gasteiger partial charge < -0.3 is 16.2 Å². The topological polar surface area (TPSA) is 87.0 Å².